The summed E-state index contributed by atoms with van der Waals surface area (Å²) in [5, 5.41) is 0. The van der Waals surface area contributed by atoms with Gasteiger partial charge in [0.25, 0.3) is 8.53 Å². The number of para-hydroxylation sites is 1. The minimum Gasteiger partial charge on any atom is -0.321 e. The van der Waals surface area contributed by atoms with Crippen LogP contribution < -0.4 is 4.67 Å². The van der Waals surface area contributed by atoms with E-state index in [1.54, 1.807) is 7.11 Å². The van der Waals surface area contributed by atoms with Crippen molar-refractivity contribution in [3.05, 3.63) is 30.3 Å². The van der Waals surface area contributed by atoms with Gasteiger partial charge in [-0.05, 0) is 17.5 Å². The lowest BCUT2D eigenvalue weighted by Gasteiger charge is -2.43. The first-order chi connectivity index (χ1) is 8.52. The Hall–Kier alpha value is -0.630. The van der Waals surface area contributed by atoms with Gasteiger partial charge < -0.3 is 13.7 Å². The Bertz CT molecular complexity index is 377. The van der Waals surface area contributed by atoms with Crippen molar-refractivity contribution in [2.75, 3.05) is 24.9 Å². The zero-order valence-corrected chi connectivity index (χ0v) is 12.5. The number of anilines is 1. The molecule has 0 aliphatic carbocycles. The van der Waals surface area contributed by atoms with Crippen LogP contribution >= 0.6 is 8.53 Å². The van der Waals surface area contributed by atoms with Gasteiger partial charge in [0.15, 0.2) is 0 Å². The van der Waals surface area contributed by atoms with Gasteiger partial charge >= 0.3 is 0 Å². The van der Waals surface area contributed by atoms with Crippen LogP contribution in [0.2, 0.25) is 0 Å². The lowest BCUT2D eigenvalue weighted by molar-refractivity contribution is 0.130. The third-order valence-electron chi connectivity index (χ3n) is 3.41. The molecule has 0 spiro atoms. The fourth-order valence-electron chi connectivity index (χ4n) is 2.03. The first-order valence-corrected chi connectivity index (χ1v) is 7.45. The molecule has 1 aromatic rings. The van der Waals surface area contributed by atoms with E-state index < -0.39 is 8.53 Å². The molecule has 4 heteroatoms. The second kappa shape index (κ2) is 5.56. The highest BCUT2D eigenvalue weighted by molar-refractivity contribution is 7.49. The van der Waals surface area contributed by atoms with Crippen molar-refractivity contribution in [2.24, 2.45) is 11.3 Å². The Morgan fingerprint density at radius 3 is 2.50 bits per heavy atom. The van der Waals surface area contributed by atoms with E-state index in [-0.39, 0.29) is 5.41 Å². The van der Waals surface area contributed by atoms with Crippen molar-refractivity contribution in [2.45, 2.75) is 20.8 Å². The lowest BCUT2D eigenvalue weighted by atomic mass is 9.81. The molecule has 2 atom stereocenters. The van der Waals surface area contributed by atoms with E-state index in [0.717, 1.165) is 13.2 Å². The van der Waals surface area contributed by atoms with Gasteiger partial charge in [-0.15, -0.1) is 0 Å². The van der Waals surface area contributed by atoms with Crippen LogP contribution in [-0.4, -0.2) is 20.3 Å². The van der Waals surface area contributed by atoms with E-state index >= 15 is 0 Å². The number of hydrogen-bond acceptors (Lipinski definition) is 3. The largest absolute Gasteiger partial charge is 0.321 e. The SMILES string of the molecule is COP1OCC(C(C)(C)C)CN1c1ccccc1. The second-order valence-electron chi connectivity index (χ2n) is 5.70. The van der Waals surface area contributed by atoms with Crippen molar-refractivity contribution >= 4 is 14.2 Å². The van der Waals surface area contributed by atoms with Crippen molar-refractivity contribution in [1.82, 2.24) is 0 Å². The molecule has 100 valence electrons. The molecule has 1 saturated heterocycles. The fraction of sp³-hybridized carbons (Fsp3) is 0.571. The zero-order chi connectivity index (χ0) is 13.2. The normalized spacial score (nSPS) is 25.2. The molecule has 1 aromatic carbocycles. The highest BCUT2D eigenvalue weighted by Crippen LogP contribution is 2.50. The number of rotatable bonds is 2. The summed E-state index contributed by atoms with van der Waals surface area (Å²) in [5.41, 5.74) is 1.43. The van der Waals surface area contributed by atoms with Crippen LogP contribution in [-0.2, 0) is 9.05 Å². The molecular weight excluding hydrogens is 245 g/mol. The molecule has 1 heterocycles. The molecule has 18 heavy (non-hydrogen) atoms. The first-order valence-electron chi connectivity index (χ1n) is 6.32. The molecule has 0 aromatic heterocycles. The third-order valence-corrected chi connectivity index (χ3v) is 4.88. The highest BCUT2D eigenvalue weighted by atomic mass is 31.2. The molecule has 2 unspecified atom stereocenters. The number of benzene rings is 1. The van der Waals surface area contributed by atoms with Crippen molar-refractivity contribution in [3.63, 3.8) is 0 Å². The maximum atomic E-state index is 5.90. The first kappa shape index (κ1) is 13.8. The Morgan fingerprint density at radius 2 is 1.94 bits per heavy atom. The Balaban J connectivity index is 2.19. The Kier molecular flexibility index (Phi) is 4.26. The van der Waals surface area contributed by atoms with Gasteiger partial charge in [0.1, 0.15) is 0 Å². The van der Waals surface area contributed by atoms with Crippen LogP contribution in [0.3, 0.4) is 0 Å². The van der Waals surface area contributed by atoms with E-state index in [1.165, 1.54) is 5.69 Å². The predicted octanol–water partition coefficient (Wildman–Crippen LogP) is 4.06. The highest BCUT2D eigenvalue weighted by Gasteiger charge is 2.36. The summed E-state index contributed by atoms with van der Waals surface area (Å²) >= 11 is 0. The van der Waals surface area contributed by atoms with Crippen molar-refractivity contribution < 1.29 is 9.05 Å². The van der Waals surface area contributed by atoms with Crippen LogP contribution in [0.4, 0.5) is 5.69 Å². The Morgan fingerprint density at radius 1 is 1.28 bits per heavy atom. The van der Waals surface area contributed by atoms with E-state index in [2.05, 4.69) is 49.7 Å². The smallest absolute Gasteiger partial charge is 0.289 e. The van der Waals surface area contributed by atoms with Crippen LogP contribution in [0.5, 0.6) is 0 Å². The zero-order valence-electron chi connectivity index (χ0n) is 11.6. The average molecular weight is 267 g/mol. The fourth-order valence-corrected chi connectivity index (χ4v) is 3.43. The lowest BCUT2D eigenvalue weighted by Crippen LogP contribution is -2.40. The maximum Gasteiger partial charge on any atom is 0.289 e. The summed E-state index contributed by atoms with van der Waals surface area (Å²) in [5.74, 6) is 0.520. The summed E-state index contributed by atoms with van der Waals surface area (Å²) in [4.78, 5) is 0. The monoisotopic (exact) mass is 267 g/mol. The molecule has 2 rings (SSSR count). The molecular formula is C14H22NO2P. The van der Waals surface area contributed by atoms with Gasteiger partial charge in [0, 0.05) is 25.3 Å². The third kappa shape index (κ3) is 3.03. The van der Waals surface area contributed by atoms with Crippen LogP contribution in [0.25, 0.3) is 0 Å². The van der Waals surface area contributed by atoms with E-state index in [0.29, 0.717) is 5.92 Å². The molecule has 1 aliphatic rings. The molecule has 3 nitrogen and oxygen atoms in total. The van der Waals surface area contributed by atoms with Gasteiger partial charge in [-0.25, -0.2) is 0 Å². The molecule has 0 amide bonds. The number of nitrogens with zero attached hydrogens (tertiary/aromatic N) is 1. The van der Waals surface area contributed by atoms with Gasteiger partial charge in [-0.1, -0.05) is 39.0 Å². The average Bonchev–Trinajstić information content (AvgIpc) is 2.38. The number of hydrogen-bond donors (Lipinski definition) is 0. The van der Waals surface area contributed by atoms with E-state index in [1.807, 2.05) is 6.07 Å². The summed E-state index contributed by atoms with van der Waals surface area (Å²) < 4.78 is 13.6. The molecule has 0 saturated carbocycles. The standard InChI is InChI=1S/C14H22NO2P/c1-14(2,3)12-10-15(18(16-4)17-11-12)13-8-6-5-7-9-13/h5-9,12H,10-11H2,1-4H3. The van der Waals surface area contributed by atoms with Crippen molar-refractivity contribution in [3.8, 4) is 0 Å². The summed E-state index contributed by atoms with van der Waals surface area (Å²) in [7, 11) is 0.772. The topological polar surface area (TPSA) is 21.7 Å². The molecule has 1 fully saturated rings. The summed E-state index contributed by atoms with van der Waals surface area (Å²) in [6.45, 7) is 8.58. The molecule has 1 aliphatic heterocycles. The molecule has 0 N–H and O–H groups in total. The minimum atomic E-state index is -0.950. The molecule has 0 radical (unpaired) electrons. The predicted molar refractivity (Wildman–Crippen MR) is 76.6 cm³/mol. The Labute approximate surface area is 111 Å². The van der Waals surface area contributed by atoms with Gasteiger partial charge in [0.2, 0.25) is 0 Å². The maximum absolute atomic E-state index is 5.90. The quantitative estimate of drug-likeness (QED) is 0.754. The van der Waals surface area contributed by atoms with Gasteiger partial charge in [-0.3, -0.25) is 0 Å². The van der Waals surface area contributed by atoms with Crippen LogP contribution in [0, 0.1) is 11.3 Å². The van der Waals surface area contributed by atoms with Crippen LogP contribution in [0.15, 0.2) is 30.3 Å². The van der Waals surface area contributed by atoms with E-state index in [4.69, 9.17) is 9.05 Å². The summed E-state index contributed by atoms with van der Waals surface area (Å²) in [6.07, 6.45) is 0. The molecule has 0 bridgehead atoms. The summed E-state index contributed by atoms with van der Waals surface area (Å²) in [6, 6.07) is 10.4. The van der Waals surface area contributed by atoms with Crippen LogP contribution in [0.1, 0.15) is 20.8 Å². The minimum absolute atomic E-state index is 0.252. The van der Waals surface area contributed by atoms with Crippen molar-refractivity contribution in [1.29, 1.82) is 0 Å². The van der Waals surface area contributed by atoms with Gasteiger partial charge in [-0.2, -0.15) is 0 Å². The van der Waals surface area contributed by atoms with Gasteiger partial charge in [0.05, 0.1) is 6.61 Å². The van der Waals surface area contributed by atoms with E-state index in [9.17, 15) is 0 Å². The second-order valence-corrected chi connectivity index (χ2v) is 7.28.